The number of amides is 2. The second-order valence-corrected chi connectivity index (χ2v) is 6.61. The Hall–Kier alpha value is -2.02. The minimum Gasteiger partial charge on any atom is -0.467 e. The number of hydrogen-bond acceptors (Lipinski definition) is 3. The molecule has 1 unspecified atom stereocenters. The molecule has 1 aromatic heterocycles. The molecule has 0 saturated heterocycles. The Kier molecular flexibility index (Phi) is 6.87. The molecular formula is C17H20Cl2N3O3+. The zero-order valence-corrected chi connectivity index (χ0v) is 15.4. The van der Waals surface area contributed by atoms with Gasteiger partial charge in [0.05, 0.1) is 29.4 Å². The molecule has 0 fully saturated rings. The van der Waals surface area contributed by atoms with Crippen LogP contribution in [0.1, 0.15) is 18.7 Å². The van der Waals surface area contributed by atoms with Crippen LogP contribution in [0.2, 0.25) is 10.0 Å². The Morgan fingerprint density at radius 1 is 1.16 bits per heavy atom. The smallest absolute Gasteiger partial charge is 0.279 e. The molecule has 6 nitrogen and oxygen atoms in total. The van der Waals surface area contributed by atoms with Crippen LogP contribution in [0.15, 0.2) is 41.0 Å². The highest BCUT2D eigenvalue weighted by atomic mass is 35.5. The summed E-state index contributed by atoms with van der Waals surface area (Å²) in [5.74, 6) is 0.301. The first-order valence-electron chi connectivity index (χ1n) is 7.74. The van der Waals surface area contributed by atoms with E-state index in [9.17, 15) is 9.59 Å². The number of carbonyl (C=O) groups is 2. The molecule has 25 heavy (non-hydrogen) atoms. The molecule has 0 aliphatic rings. The van der Waals surface area contributed by atoms with Crippen LogP contribution in [0.25, 0.3) is 0 Å². The fourth-order valence-corrected chi connectivity index (χ4v) is 2.59. The number of furan rings is 1. The number of halogens is 2. The van der Waals surface area contributed by atoms with Gasteiger partial charge in [0.15, 0.2) is 13.1 Å². The van der Waals surface area contributed by atoms with Gasteiger partial charge in [0.1, 0.15) is 5.76 Å². The summed E-state index contributed by atoms with van der Waals surface area (Å²) in [6.07, 6.45) is 1.56. The van der Waals surface area contributed by atoms with E-state index in [1.165, 1.54) is 0 Å². The molecule has 3 N–H and O–H groups in total. The monoisotopic (exact) mass is 384 g/mol. The summed E-state index contributed by atoms with van der Waals surface area (Å²) in [7, 11) is 1.77. The number of likely N-dealkylation sites (N-methyl/N-ethyl adjacent to an activating group) is 1. The highest BCUT2D eigenvalue weighted by molar-refractivity contribution is 6.42. The summed E-state index contributed by atoms with van der Waals surface area (Å²) in [6.45, 7) is 2.14. The molecular weight excluding hydrogens is 365 g/mol. The first-order chi connectivity index (χ1) is 11.8. The van der Waals surface area contributed by atoms with Gasteiger partial charge in [0.25, 0.3) is 11.8 Å². The summed E-state index contributed by atoms with van der Waals surface area (Å²) in [5.41, 5.74) is 0.558. The fraction of sp³-hybridized carbons (Fsp3) is 0.294. The standard InChI is InChI=1S/C17H19Cl2N3O3/c1-11(15-4-3-7-25-15)20-16(23)9-22(2)10-17(24)21-12-5-6-13(18)14(19)8-12/h3-8,11H,9-10H2,1-2H3,(H,20,23)(H,21,24)/p+1/t11-/m1/s1. The van der Waals surface area contributed by atoms with E-state index in [0.717, 1.165) is 4.90 Å². The molecule has 0 bridgehead atoms. The summed E-state index contributed by atoms with van der Waals surface area (Å²) in [6, 6.07) is 8.20. The maximum absolute atomic E-state index is 12.1. The normalized spacial score (nSPS) is 13.1. The minimum absolute atomic E-state index is 0.142. The summed E-state index contributed by atoms with van der Waals surface area (Å²) < 4.78 is 5.24. The molecule has 2 amide bonds. The molecule has 1 heterocycles. The van der Waals surface area contributed by atoms with E-state index in [1.807, 2.05) is 6.92 Å². The third-order valence-electron chi connectivity index (χ3n) is 3.48. The van der Waals surface area contributed by atoms with E-state index in [-0.39, 0.29) is 30.9 Å². The first kappa shape index (κ1) is 19.3. The summed E-state index contributed by atoms with van der Waals surface area (Å²) >= 11 is 11.8. The minimum atomic E-state index is -0.222. The predicted octanol–water partition coefficient (Wildman–Crippen LogP) is 1.92. The molecule has 0 saturated carbocycles. The number of quaternary nitrogens is 1. The molecule has 0 spiro atoms. The summed E-state index contributed by atoms with van der Waals surface area (Å²) in [4.78, 5) is 24.9. The van der Waals surface area contributed by atoms with Crippen LogP contribution in [-0.4, -0.2) is 32.0 Å². The number of carbonyl (C=O) groups excluding carboxylic acids is 2. The van der Waals surface area contributed by atoms with Crippen molar-refractivity contribution in [2.45, 2.75) is 13.0 Å². The Morgan fingerprint density at radius 3 is 2.52 bits per heavy atom. The highest BCUT2D eigenvalue weighted by Gasteiger charge is 2.17. The van der Waals surface area contributed by atoms with Crippen molar-refractivity contribution in [1.82, 2.24) is 5.32 Å². The van der Waals surface area contributed by atoms with Gasteiger partial charge in [-0.1, -0.05) is 23.2 Å². The molecule has 2 atom stereocenters. The van der Waals surface area contributed by atoms with E-state index < -0.39 is 0 Å². The molecule has 1 aromatic carbocycles. The van der Waals surface area contributed by atoms with Crippen molar-refractivity contribution in [2.75, 3.05) is 25.5 Å². The van der Waals surface area contributed by atoms with E-state index in [0.29, 0.717) is 21.5 Å². The van der Waals surface area contributed by atoms with E-state index in [2.05, 4.69) is 10.6 Å². The Morgan fingerprint density at radius 2 is 1.88 bits per heavy atom. The van der Waals surface area contributed by atoms with Crippen LogP contribution in [-0.2, 0) is 9.59 Å². The number of anilines is 1. The number of nitrogens with one attached hydrogen (secondary N) is 3. The quantitative estimate of drug-likeness (QED) is 0.682. The molecule has 8 heteroatoms. The largest absolute Gasteiger partial charge is 0.467 e. The highest BCUT2D eigenvalue weighted by Crippen LogP contribution is 2.24. The number of hydrogen-bond donors (Lipinski definition) is 3. The lowest BCUT2D eigenvalue weighted by atomic mass is 10.2. The maximum atomic E-state index is 12.1. The lowest BCUT2D eigenvalue weighted by Crippen LogP contribution is -3.11. The van der Waals surface area contributed by atoms with Crippen molar-refractivity contribution in [3.05, 3.63) is 52.4 Å². The van der Waals surface area contributed by atoms with Crippen LogP contribution >= 0.6 is 23.2 Å². The van der Waals surface area contributed by atoms with Gasteiger partial charge in [-0.2, -0.15) is 0 Å². The van der Waals surface area contributed by atoms with Gasteiger partial charge in [-0.25, -0.2) is 0 Å². The number of benzene rings is 1. The third-order valence-corrected chi connectivity index (χ3v) is 4.21. The van der Waals surface area contributed by atoms with Crippen molar-refractivity contribution in [3.8, 4) is 0 Å². The fourth-order valence-electron chi connectivity index (χ4n) is 2.29. The lowest BCUT2D eigenvalue weighted by Gasteiger charge is -2.16. The van der Waals surface area contributed by atoms with Crippen LogP contribution in [0.5, 0.6) is 0 Å². The molecule has 0 aliphatic heterocycles. The van der Waals surface area contributed by atoms with E-state index >= 15 is 0 Å². The molecule has 134 valence electrons. The second-order valence-electron chi connectivity index (χ2n) is 5.79. The topological polar surface area (TPSA) is 75.8 Å². The van der Waals surface area contributed by atoms with Crippen molar-refractivity contribution in [1.29, 1.82) is 0 Å². The summed E-state index contributed by atoms with van der Waals surface area (Å²) in [5, 5.41) is 6.35. The zero-order chi connectivity index (χ0) is 18.4. The van der Waals surface area contributed by atoms with Gasteiger partial charge < -0.3 is 20.0 Å². The van der Waals surface area contributed by atoms with E-state index in [1.54, 1.807) is 43.6 Å². The van der Waals surface area contributed by atoms with Crippen molar-refractivity contribution in [2.24, 2.45) is 0 Å². The van der Waals surface area contributed by atoms with Crippen LogP contribution in [0.3, 0.4) is 0 Å². The SMILES string of the molecule is C[C@@H](NC(=O)C[NH+](C)CC(=O)Nc1ccc(Cl)c(Cl)c1)c1ccco1. The first-order valence-corrected chi connectivity index (χ1v) is 8.49. The van der Waals surface area contributed by atoms with Crippen LogP contribution in [0.4, 0.5) is 5.69 Å². The van der Waals surface area contributed by atoms with Gasteiger partial charge in [-0.15, -0.1) is 0 Å². The average molecular weight is 385 g/mol. The Bertz CT molecular complexity index is 735. The third kappa shape index (κ3) is 6.08. The van der Waals surface area contributed by atoms with Gasteiger partial charge in [-0.3, -0.25) is 9.59 Å². The number of rotatable bonds is 7. The Balaban J connectivity index is 1.78. The van der Waals surface area contributed by atoms with Gasteiger partial charge in [-0.05, 0) is 37.3 Å². The van der Waals surface area contributed by atoms with Crippen molar-refractivity contribution < 1.29 is 18.9 Å². The predicted molar refractivity (Wildman–Crippen MR) is 97.0 cm³/mol. The lowest BCUT2D eigenvalue weighted by molar-refractivity contribution is -0.862. The van der Waals surface area contributed by atoms with Crippen molar-refractivity contribution >= 4 is 40.7 Å². The van der Waals surface area contributed by atoms with Crippen LogP contribution < -0.4 is 15.5 Å². The van der Waals surface area contributed by atoms with Crippen LogP contribution in [0, 0.1) is 0 Å². The second kappa shape index (κ2) is 8.89. The molecule has 2 rings (SSSR count). The van der Waals surface area contributed by atoms with E-state index in [4.69, 9.17) is 27.6 Å². The maximum Gasteiger partial charge on any atom is 0.279 e. The van der Waals surface area contributed by atoms with Crippen molar-refractivity contribution in [3.63, 3.8) is 0 Å². The molecule has 0 aliphatic carbocycles. The average Bonchev–Trinajstić information content (AvgIpc) is 3.04. The van der Waals surface area contributed by atoms with Gasteiger partial charge >= 0.3 is 0 Å². The Labute approximate surface area is 156 Å². The molecule has 2 aromatic rings. The van der Waals surface area contributed by atoms with Gasteiger partial charge in [0.2, 0.25) is 0 Å². The zero-order valence-electron chi connectivity index (χ0n) is 13.9. The molecule has 0 radical (unpaired) electrons. The van der Waals surface area contributed by atoms with Gasteiger partial charge in [0, 0.05) is 5.69 Å².